The molecule has 1 heterocycles. The van der Waals surface area contributed by atoms with Gasteiger partial charge in [-0.1, -0.05) is 50.1 Å². The normalized spacial score (nSPS) is 16.5. The second-order valence-corrected chi connectivity index (χ2v) is 6.53. The van der Waals surface area contributed by atoms with Crippen molar-refractivity contribution in [2.75, 3.05) is 18.0 Å². The van der Waals surface area contributed by atoms with E-state index >= 15 is 0 Å². The first-order valence-electron chi connectivity index (χ1n) is 6.75. The van der Waals surface area contributed by atoms with E-state index in [0.29, 0.717) is 0 Å². The highest BCUT2D eigenvalue weighted by molar-refractivity contribution is 6.33. The summed E-state index contributed by atoms with van der Waals surface area (Å²) in [6.07, 6.45) is 3.40. The molecule has 0 amide bonds. The molecule has 0 spiro atoms. The second-order valence-electron chi connectivity index (χ2n) is 6.12. The Bertz CT molecular complexity index is 488. The van der Waals surface area contributed by atoms with E-state index in [1.807, 2.05) is 18.2 Å². The van der Waals surface area contributed by atoms with Gasteiger partial charge in [-0.25, -0.2) is 0 Å². The molecule has 19 heavy (non-hydrogen) atoms. The molecule has 0 aliphatic carbocycles. The van der Waals surface area contributed by atoms with Crippen molar-refractivity contribution < 1.29 is 5.11 Å². The smallest absolute Gasteiger partial charge is 0.0682 e. The van der Waals surface area contributed by atoms with Crippen LogP contribution in [-0.4, -0.2) is 18.2 Å². The molecule has 0 saturated heterocycles. The van der Waals surface area contributed by atoms with Crippen LogP contribution in [0.4, 0.5) is 5.69 Å². The third-order valence-electron chi connectivity index (χ3n) is 3.71. The number of anilines is 1. The van der Waals surface area contributed by atoms with Crippen molar-refractivity contribution in [2.45, 2.75) is 33.8 Å². The Morgan fingerprint density at radius 1 is 1.32 bits per heavy atom. The molecule has 1 N–H and O–H groups in total. The van der Waals surface area contributed by atoms with Crippen molar-refractivity contribution in [3.05, 3.63) is 40.4 Å². The standard InChI is InChI=1S/C16H22ClNO/c1-16(2,3)13-6-8-18(9-7-13)15-5-4-12(11-19)10-14(15)17/h4-6,10,19H,7-9,11H2,1-3H3. The fraction of sp³-hybridized carbons (Fsp3) is 0.500. The molecule has 1 aromatic carbocycles. The average molecular weight is 280 g/mol. The Labute approximate surface area is 120 Å². The molecule has 2 rings (SSSR count). The van der Waals surface area contributed by atoms with Crippen molar-refractivity contribution in [2.24, 2.45) is 5.41 Å². The Balaban J connectivity index is 2.16. The van der Waals surface area contributed by atoms with Gasteiger partial charge in [-0.3, -0.25) is 0 Å². The van der Waals surface area contributed by atoms with E-state index in [2.05, 4.69) is 31.7 Å². The van der Waals surface area contributed by atoms with E-state index < -0.39 is 0 Å². The molecule has 2 nitrogen and oxygen atoms in total. The summed E-state index contributed by atoms with van der Waals surface area (Å²) in [6, 6.07) is 5.79. The molecule has 0 saturated carbocycles. The van der Waals surface area contributed by atoms with Crippen LogP contribution in [-0.2, 0) is 6.61 Å². The van der Waals surface area contributed by atoms with Crippen LogP contribution >= 0.6 is 11.6 Å². The van der Waals surface area contributed by atoms with Gasteiger partial charge in [0.2, 0.25) is 0 Å². The highest BCUT2D eigenvalue weighted by Crippen LogP contribution is 2.34. The quantitative estimate of drug-likeness (QED) is 0.827. The molecule has 0 bridgehead atoms. The molecule has 1 aliphatic heterocycles. The van der Waals surface area contributed by atoms with Crippen LogP contribution in [0.3, 0.4) is 0 Å². The van der Waals surface area contributed by atoms with Crippen LogP contribution in [0, 0.1) is 5.41 Å². The first kappa shape index (κ1) is 14.4. The van der Waals surface area contributed by atoms with Crippen molar-refractivity contribution in [1.29, 1.82) is 0 Å². The lowest BCUT2D eigenvalue weighted by molar-refractivity contribution is 0.282. The van der Waals surface area contributed by atoms with E-state index in [9.17, 15) is 0 Å². The minimum atomic E-state index is 0.0358. The Morgan fingerprint density at radius 3 is 2.53 bits per heavy atom. The number of halogens is 1. The first-order chi connectivity index (χ1) is 8.91. The lowest BCUT2D eigenvalue weighted by Gasteiger charge is -2.34. The number of aliphatic hydroxyl groups excluding tert-OH is 1. The van der Waals surface area contributed by atoms with Gasteiger partial charge in [0, 0.05) is 13.1 Å². The predicted molar refractivity (Wildman–Crippen MR) is 81.7 cm³/mol. The van der Waals surface area contributed by atoms with E-state index in [-0.39, 0.29) is 12.0 Å². The average Bonchev–Trinajstić information content (AvgIpc) is 2.37. The molecule has 1 aromatic rings. The van der Waals surface area contributed by atoms with Gasteiger partial charge in [0.05, 0.1) is 17.3 Å². The number of hydrogen-bond donors (Lipinski definition) is 1. The van der Waals surface area contributed by atoms with Gasteiger partial charge in [0.1, 0.15) is 0 Å². The van der Waals surface area contributed by atoms with Crippen LogP contribution in [0.25, 0.3) is 0 Å². The van der Waals surface area contributed by atoms with Gasteiger partial charge in [0.25, 0.3) is 0 Å². The molecule has 104 valence electrons. The Kier molecular flexibility index (Phi) is 4.22. The SMILES string of the molecule is CC(C)(C)C1=CCN(c2ccc(CO)cc2Cl)CC1. The summed E-state index contributed by atoms with van der Waals surface area (Å²) in [4.78, 5) is 2.29. The number of nitrogens with zero attached hydrogens (tertiary/aromatic N) is 1. The summed E-state index contributed by atoms with van der Waals surface area (Å²) in [6.45, 7) is 8.73. The van der Waals surface area contributed by atoms with Crippen molar-refractivity contribution in [3.63, 3.8) is 0 Å². The molecule has 0 unspecified atom stereocenters. The number of benzene rings is 1. The molecular formula is C16H22ClNO. The Morgan fingerprint density at radius 2 is 2.05 bits per heavy atom. The maximum atomic E-state index is 9.11. The summed E-state index contributed by atoms with van der Waals surface area (Å²) in [7, 11) is 0. The lowest BCUT2D eigenvalue weighted by atomic mass is 9.83. The topological polar surface area (TPSA) is 23.5 Å². The monoisotopic (exact) mass is 279 g/mol. The number of hydrogen-bond acceptors (Lipinski definition) is 2. The van der Waals surface area contributed by atoms with Crippen molar-refractivity contribution >= 4 is 17.3 Å². The third-order valence-corrected chi connectivity index (χ3v) is 4.01. The van der Waals surface area contributed by atoms with Crippen LogP contribution < -0.4 is 4.90 Å². The summed E-state index contributed by atoms with van der Waals surface area (Å²) in [5, 5.41) is 9.83. The largest absolute Gasteiger partial charge is 0.392 e. The molecule has 0 fully saturated rings. The van der Waals surface area contributed by atoms with Crippen LogP contribution in [0.5, 0.6) is 0 Å². The first-order valence-corrected chi connectivity index (χ1v) is 7.13. The minimum Gasteiger partial charge on any atom is -0.392 e. The highest BCUT2D eigenvalue weighted by Gasteiger charge is 2.22. The van der Waals surface area contributed by atoms with Gasteiger partial charge in [-0.05, 0) is 29.5 Å². The molecule has 0 aromatic heterocycles. The zero-order valence-corrected chi connectivity index (χ0v) is 12.7. The maximum Gasteiger partial charge on any atom is 0.0682 e. The molecule has 3 heteroatoms. The van der Waals surface area contributed by atoms with Crippen LogP contribution in [0.15, 0.2) is 29.8 Å². The van der Waals surface area contributed by atoms with Gasteiger partial charge >= 0.3 is 0 Å². The molecule has 0 radical (unpaired) electrons. The van der Waals surface area contributed by atoms with E-state index in [1.54, 1.807) is 0 Å². The molecular weight excluding hydrogens is 258 g/mol. The Hall–Kier alpha value is -0.990. The highest BCUT2D eigenvalue weighted by atomic mass is 35.5. The second kappa shape index (κ2) is 5.56. The van der Waals surface area contributed by atoms with Gasteiger partial charge < -0.3 is 10.0 Å². The molecule has 1 aliphatic rings. The van der Waals surface area contributed by atoms with Crippen molar-refractivity contribution in [1.82, 2.24) is 0 Å². The van der Waals surface area contributed by atoms with Crippen LogP contribution in [0.2, 0.25) is 5.02 Å². The number of aliphatic hydroxyl groups is 1. The summed E-state index contributed by atoms with van der Waals surface area (Å²) in [5.41, 5.74) is 3.70. The fourth-order valence-electron chi connectivity index (χ4n) is 2.47. The predicted octanol–water partition coefficient (Wildman–Crippen LogP) is 4.01. The zero-order chi connectivity index (χ0) is 14.0. The van der Waals surface area contributed by atoms with Gasteiger partial charge in [-0.2, -0.15) is 0 Å². The number of rotatable bonds is 2. The summed E-state index contributed by atoms with van der Waals surface area (Å²) >= 11 is 6.29. The lowest BCUT2D eigenvalue weighted by Crippen LogP contribution is -2.31. The van der Waals surface area contributed by atoms with Gasteiger partial charge in [0.15, 0.2) is 0 Å². The van der Waals surface area contributed by atoms with Gasteiger partial charge in [-0.15, -0.1) is 0 Å². The summed E-state index contributed by atoms with van der Waals surface area (Å²) in [5.74, 6) is 0. The van der Waals surface area contributed by atoms with E-state index in [1.165, 1.54) is 5.57 Å². The minimum absolute atomic E-state index is 0.0358. The van der Waals surface area contributed by atoms with E-state index in [0.717, 1.165) is 35.8 Å². The molecule has 0 atom stereocenters. The van der Waals surface area contributed by atoms with Crippen LogP contribution in [0.1, 0.15) is 32.8 Å². The maximum absolute atomic E-state index is 9.11. The fourth-order valence-corrected chi connectivity index (χ4v) is 2.80. The van der Waals surface area contributed by atoms with Crippen molar-refractivity contribution in [3.8, 4) is 0 Å². The zero-order valence-electron chi connectivity index (χ0n) is 11.9. The third kappa shape index (κ3) is 3.31. The summed E-state index contributed by atoms with van der Waals surface area (Å²) < 4.78 is 0. The van der Waals surface area contributed by atoms with E-state index in [4.69, 9.17) is 16.7 Å².